The molecule has 0 aliphatic heterocycles. The Bertz CT molecular complexity index is 535. The summed E-state index contributed by atoms with van der Waals surface area (Å²) in [5, 5.41) is 17.9. The Hall–Kier alpha value is -2.14. The standard InChI is InChI=1S/C15H19NO4/c1-10-4-5-12(6-7-14(18)19)8-13(10)15(20)16(3)9-11(2)17/h4-8,11,17H,9H2,1-3H3,(H,18,19). The maximum atomic E-state index is 12.3. The molecule has 0 saturated heterocycles. The lowest BCUT2D eigenvalue weighted by Gasteiger charge is -2.20. The third-order valence-corrected chi connectivity index (χ3v) is 2.80. The van der Waals surface area contributed by atoms with Gasteiger partial charge in [-0.05, 0) is 37.1 Å². The van der Waals surface area contributed by atoms with E-state index in [0.717, 1.165) is 11.6 Å². The number of hydrogen-bond donors (Lipinski definition) is 2. The summed E-state index contributed by atoms with van der Waals surface area (Å²) >= 11 is 0. The van der Waals surface area contributed by atoms with Crippen LogP contribution in [0.25, 0.3) is 6.08 Å². The maximum absolute atomic E-state index is 12.3. The third-order valence-electron chi connectivity index (χ3n) is 2.80. The van der Waals surface area contributed by atoms with Gasteiger partial charge < -0.3 is 15.1 Å². The van der Waals surface area contributed by atoms with Crippen molar-refractivity contribution in [2.75, 3.05) is 13.6 Å². The summed E-state index contributed by atoms with van der Waals surface area (Å²) in [5.74, 6) is -1.24. The van der Waals surface area contributed by atoms with Gasteiger partial charge in [-0.1, -0.05) is 12.1 Å². The summed E-state index contributed by atoms with van der Waals surface area (Å²) in [6, 6.07) is 5.17. The SMILES string of the molecule is Cc1ccc(C=CC(=O)O)cc1C(=O)N(C)CC(C)O. The fourth-order valence-electron chi connectivity index (χ4n) is 1.83. The van der Waals surface area contributed by atoms with Crippen molar-refractivity contribution in [2.45, 2.75) is 20.0 Å². The normalized spacial score (nSPS) is 12.4. The molecule has 108 valence electrons. The van der Waals surface area contributed by atoms with Crippen LogP contribution >= 0.6 is 0 Å². The summed E-state index contributed by atoms with van der Waals surface area (Å²) in [4.78, 5) is 24.2. The lowest BCUT2D eigenvalue weighted by Crippen LogP contribution is -2.33. The number of rotatable bonds is 5. The number of amides is 1. The highest BCUT2D eigenvalue weighted by Gasteiger charge is 2.15. The topological polar surface area (TPSA) is 77.8 Å². The first kappa shape index (κ1) is 15.9. The van der Waals surface area contributed by atoms with Crippen LogP contribution in [0.4, 0.5) is 0 Å². The van der Waals surface area contributed by atoms with Crippen molar-refractivity contribution < 1.29 is 19.8 Å². The second kappa shape index (κ2) is 6.86. The number of aliphatic hydroxyl groups excluding tert-OH is 1. The first-order valence-electron chi connectivity index (χ1n) is 6.26. The van der Waals surface area contributed by atoms with Gasteiger partial charge in [-0.25, -0.2) is 4.79 Å². The molecule has 0 fully saturated rings. The molecule has 0 aliphatic carbocycles. The van der Waals surface area contributed by atoms with E-state index in [0.29, 0.717) is 11.1 Å². The molecule has 0 aliphatic rings. The molecule has 1 amide bonds. The van der Waals surface area contributed by atoms with Crippen LogP contribution in [0.15, 0.2) is 24.3 Å². The van der Waals surface area contributed by atoms with Gasteiger partial charge in [0.05, 0.1) is 6.10 Å². The van der Waals surface area contributed by atoms with Gasteiger partial charge in [0.2, 0.25) is 0 Å². The Morgan fingerprint density at radius 3 is 2.60 bits per heavy atom. The highest BCUT2D eigenvalue weighted by atomic mass is 16.4. The molecule has 0 spiro atoms. The first-order chi connectivity index (χ1) is 9.31. The van der Waals surface area contributed by atoms with E-state index in [9.17, 15) is 14.7 Å². The molecular weight excluding hydrogens is 258 g/mol. The van der Waals surface area contributed by atoms with E-state index in [1.54, 1.807) is 32.2 Å². The highest BCUT2D eigenvalue weighted by Crippen LogP contribution is 2.15. The van der Waals surface area contributed by atoms with Crippen LogP contribution in [0.1, 0.15) is 28.4 Å². The van der Waals surface area contributed by atoms with Gasteiger partial charge in [0.1, 0.15) is 0 Å². The molecule has 2 N–H and O–H groups in total. The second-order valence-electron chi connectivity index (χ2n) is 4.78. The fraction of sp³-hybridized carbons (Fsp3) is 0.333. The molecule has 1 aromatic rings. The van der Waals surface area contributed by atoms with Crippen molar-refractivity contribution in [3.63, 3.8) is 0 Å². The number of aryl methyl sites for hydroxylation is 1. The van der Waals surface area contributed by atoms with E-state index >= 15 is 0 Å². The molecule has 1 atom stereocenters. The quantitative estimate of drug-likeness (QED) is 0.800. The van der Waals surface area contributed by atoms with Crippen molar-refractivity contribution in [3.8, 4) is 0 Å². The molecule has 1 aromatic carbocycles. The molecule has 1 rings (SSSR count). The van der Waals surface area contributed by atoms with Crippen LogP contribution in [0.3, 0.4) is 0 Å². The fourth-order valence-corrected chi connectivity index (χ4v) is 1.83. The lowest BCUT2D eigenvalue weighted by atomic mass is 10.0. The van der Waals surface area contributed by atoms with E-state index < -0.39 is 12.1 Å². The van der Waals surface area contributed by atoms with E-state index in [2.05, 4.69) is 0 Å². The number of carbonyl (C=O) groups excluding carboxylic acids is 1. The second-order valence-corrected chi connectivity index (χ2v) is 4.78. The summed E-state index contributed by atoms with van der Waals surface area (Å²) in [7, 11) is 1.62. The Morgan fingerprint density at radius 2 is 2.05 bits per heavy atom. The molecule has 1 unspecified atom stereocenters. The zero-order valence-electron chi connectivity index (χ0n) is 11.8. The summed E-state index contributed by atoms with van der Waals surface area (Å²) < 4.78 is 0. The molecule has 5 nitrogen and oxygen atoms in total. The number of carboxylic acids is 1. The molecule has 0 radical (unpaired) electrons. The number of benzene rings is 1. The van der Waals surface area contributed by atoms with Crippen LogP contribution in [-0.2, 0) is 4.79 Å². The molecule has 0 saturated carbocycles. The van der Waals surface area contributed by atoms with E-state index in [1.807, 2.05) is 6.92 Å². The summed E-state index contributed by atoms with van der Waals surface area (Å²) in [5.41, 5.74) is 1.95. The average Bonchev–Trinajstić information content (AvgIpc) is 2.36. The van der Waals surface area contributed by atoms with Crippen LogP contribution in [0, 0.1) is 6.92 Å². The minimum atomic E-state index is -1.04. The van der Waals surface area contributed by atoms with Crippen molar-refractivity contribution in [1.29, 1.82) is 0 Å². The van der Waals surface area contributed by atoms with Gasteiger partial charge >= 0.3 is 5.97 Å². The number of aliphatic hydroxyl groups is 1. The number of carbonyl (C=O) groups is 2. The van der Waals surface area contributed by atoms with Gasteiger partial charge in [0.25, 0.3) is 5.91 Å². The highest BCUT2D eigenvalue weighted by molar-refractivity contribution is 5.96. The molecule has 0 aromatic heterocycles. The van der Waals surface area contributed by atoms with Gasteiger partial charge in [-0.3, -0.25) is 4.79 Å². The molecule has 20 heavy (non-hydrogen) atoms. The number of likely N-dealkylation sites (N-methyl/N-ethyl adjacent to an activating group) is 1. The zero-order chi connectivity index (χ0) is 15.3. The number of hydrogen-bond acceptors (Lipinski definition) is 3. The minimum absolute atomic E-state index is 0.200. The average molecular weight is 277 g/mol. The van der Waals surface area contributed by atoms with Gasteiger partial charge in [0, 0.05) is 25.2 Å². The van der Waals surface area contributed by atoms with E-state index in [1.165, 1.54) is 11.0 Å². The van der Waals surface area contributed by atoms with Gasteiger partial charge in [-0.15, -0.1) is 0 Å². The number of aliphatic carboxylic acids is 1. The third kappa shape index (κ3) is 4.51. The number of carboxylic acid groups (broad SMARTS) is 1. The maximum Gasteiger partial charge on any atom is 0.328 e. The smallest absolute Gasteiger partial charge is 0.328 e. The van der Waals surface area contributed by atoms with Crippen LogP contribution < -0.4 is 0 Å². The van der Waals surface area contributed by atoms with Gasteiger partial charge in [-0.2, -0.15) is 0 Å². The van der Waals surface area contributed by atoms with Crippen molar-refractivity contribution in [2.24, 2.45) is 0 Å². The zero-order valence-corrected chi connectivity index (χ0v) is 11.8. The monoisotopic (exact) mass is 277 g/mol. The van der Waals surface area contributed by atoms with Crippen LogP contribution in [0.2, 0.25) is 0 Å². The van der Waals surface area contributed by atoms with Gasteiger partial charge in [0.15, 0.2) is 0 Å². The molecule has 5 heteroatoms. The summed E-state index contributed by atoms with van der Waals surface area (Å²) in [6.07, 6.45) is 1.87. The largest absolute Gasteiger partial charge is 0.478 e. The van der Waals surface area contributed by atoms with Crippen LogP contribution in [0.5, 0.6) is 0 Å². The van der Waals surface area contributed by atoms with Crippen molar-refractivity contribution in [3.05, 3.63) is 41.0 Å². The van der Waals surface area contributed by atoms with E-state index in [4.69, 9.17) is 5.11 Å². The first-order valence-corrected chi connectivity index (χ1v) is 6.26. The van der Waals surface area contributed by atoms with E-state index in [-0.39, 0.29) is 12.5 Å². The minimum Gasteiger partial charge on any atom is -0.478 e. The van der Waals surface area contributed by atoms with Crippen molar-refractivity contribution >= 4 is 18.0 Å². The number of nitrogens with zero attached hydrogens (tertiary/aromatic N) is 1. The Kier molecular flexibility index (Phi) is 5.46. The lowest BCUT2D eigenvalue weighted by molar-refractivity contribution is -0.131. The molecular formula is C15H19NO4. The Morgan fingerprint density at radius 1 is 1.40 bits per heavy atom. The van der Waals surface area contributed by atoms with Crippen molar-refractivity contribution in [1.82, 2.24) is 4.90 Å². The summed E-state index contributed by atoms with van der Waals surface area (Å²) in [6.45, 7) is 3.67. The molecule has 0 bridgehead atoms. The molecule has 0 heterocycles. The Labute approximate surface area is 118 Å². The predicted molar refractivity (Wildman–Crippen MR) is 76.5 cm³/mol. The predicted octanol–water partition coefficient (Wildman–Crippen LogP) is 1.55. The Balaban J connectivity index is 3.02. The van der Waals surface area contributed by atoms with Crippen LogP contribution in [-0.4, -0.2) is 46.7 Å².